The molecular formula is C30H36N2O. The zero-order valence-electron chi connectivity index (χ0n) is 20.4. The van der Waals surface area contributed by atoms with Gasteiger partial charge in [0.1, 0.15) is 11.6 Å². The summed E-state index contributed by atoms with van der Waals surface area (Å²) in [5, 5.41) is 0. The van der Waals surface area contributed by atoms with Crippen molar-refractivity contribution in [1.29, 1.82) is 0 Å². The molecule has 33 heavy (non-hydrogen) atoms. The van der Waals surface area contributed by atoms with Crippen LogP contribution >= 0.6 is 0 Å². The van der Waals surface area contributed by atoms with Crippen LogP contribution in [0.25, 0.3) is 11.0 Å². The molecule has 0 saturated heterocycles. The van der Waals surface area contributed by atoms with Gasteiger partial charge in [-0.3, -0.25) is 0 Å². The van der Waals surface area contributed by atoms with Crippen LogP contribution in [-0.2, 0) is 13.0 Å². The van der Waals surface area contributed by atoms with E-state index in [-0.39, 0.29) is 5.92 Å². The molecule has 172 valence electrons. The van der Waals surface area contributed by atoms with Gasteiger partial charge in [0.15, 0.2) is 0 Å². The van der Waals surface area contributed by atoms with Crippen LogP contribution in [0.2, 0.25) is 0 Å². The number of aromatic nitrogens is 2. The van der Waals surface area contributed by atoms with Gasteiger partial charge in [-0.1, -0.05) is 82.6 Å². The Labute approximate surface area is 198 Å². The summed E-state index contributed by atoms with van der Waals surface area (Å²) in [6.45, 7) is 10.5. The predicted octanol–water partition coefficient (Wildman–Crippen LogP) is 7.61. The second kappa shape index (κ2) is 10.7. The minimum absolute atomic E-state index is 0.210. The fourth-order valence-corrected chi connectivity index (χ4v) is 4.36. The van der Waals surface area contributed by atoms with Crippen molar-refractivity contribution in [2.75, 3.05) is 6.61 Å². The molecule has 0 aliphatic rings. The first-order valence-electron chi connectivity index (χ1n) is 12.3. The molecule has 0 aliphatic heterocycles. The van der Waals surface area contributed by atoms with Crippen LogP contribution < -0.4 is 4.74 Å². The van der Waals surface area contributed by atoms with Crippen molar-refractivity contribution in [2.24, 2.45) is 5.92 Å². The van der Waals surface area contributed by atoms with Crippen molar-refractivity contribution >= 4 is 11.0 Å². The Morgan fingerprint density at radius 1 is 0.848 bits per heavy atom. The Hall–Kier alpha value is -3.07. The van der Waals surface area contributed by atoms with E-state index in [1.165, 1.54) is 22.2 Å². The van der Waals surface area contributed by atoms with Crippen LogP contribution in [0.1, 0.15) is 69.0 Å². The Balaban J connectivity index is 1.60. The molecule has 4 rings (SSSR count). The van der Waals surface area contributed by atoms with E-state index < -0.39 is 0 Å². The molecule has 0 aliphatic carbocycles. The fourth-order valence-electron chi connectivity index (χ4n) is 4.36. The molecule has 1 aromatic heterocycles. The van der Waals surface area contributed by atoms with Crippen molar-refractivity contribution < 1.29 is 4.74 Å². The maximum absolute atomic E-state index is 5.84. The Morgan fingerprint density at radius 3 is 2.24 bits per heavy atom. The zero-order valence-corrected chi connectivity index (χ0v) is 20.4. The molecule has 0 N–H and O–H groups in total. The average Bonchev–Trinajstić information content (AvgIpc) is 3.18. The van der Waals surface area contributed by atoms with Gasteiger partial charge in [0.2, 0.25) is 0 Å². The summed E-state index contributed by atoms with van der Waals surface area (Å²) in [7, 11) is 0. The molecule has 0 fully saturated rings. The Morgan fingerprint density at radius 2 is 1.55 bits per heavy atom. The largest absolute Gasteiger partial charge is 0.494 e. The van der Waals surface area contributed by atoms with Gasteiger partial charge in [0, 0.05) is 12.5 Å². The van der Waals surface area contributed by atoms with Gasteiger partial charge in [0.05, 0.1) is 17.6 Å². The molecule has 0 radical (unpaired) electrons. The first-order valence-corrected chi connectivity index (χ1v) is 12.3. The lowest BCUT2D eigenvalue weighted by Crippen LogP contribution is -2.09. The third-order valence-electron chi connectivity index (χ3n) is 6.23. The highest BCUT2D eigenvalue weighted by Crippen LogP contribution is 2.29. The summed E-state index contributed by atoms with van der Waals surface area (Å²) in [6.07, 6.45) is 3.35. The summed E-state index contributed by atoms with van der Waals surface area (Å²) in [6, 6.07) is 26.1. The molecule has 0 bridgehead atoms. The zero-order chi connectivity index (χ0) is 23.2. The average molecular weight is 441 g/mol. The molecule has 1 unspecified atom stereocenters. The van der Waals surface area contributed by atoms with E-state index >= 15 is 0 Å². The van der Waals surface area contributed by atoms with Gasteiger partial charge in [-0.05, 0) is 59.7 Å². The van der Waals surface area contributed by atoms with Gasteiger partial charge in [0.25, 0.3) is 0 Å². The first kappa shape index (κ1) is 23.1. The highest BCUT2D eigenvalue weighted by Gasteiger charge is 2.18. The third kappa shape index (κ3) is 5.65. The predicted molar refractivity (Wildman–Crippen MR) is 138 cm³/mol. The standard InChI is InChI=1S/C30H36N2O/c1-5-6-19-33-27-17-13-25(14-18-27)21-32-29-10-8-7-9-28(29)31-30(32)23(4)26-15-11-24(12-16-26)20-22(2)3/h7-18,22-23H,5-6,19-21H2,1-4H3. The molecule has 0 amide bonds. The number of imidazole rings is 1. The smallest absolute Gasteiger partial charge is 0.119 e. The molecule has 0 spiro atoms. The van der Waals surface area contributed by atoms with Crippen molar-refractivity contribution in [2.45, 2.75) is 59.4 Å². The van der Waals surface area contributed by atoms with Gasteiger partial charge in [-0.15, -0.1) is 0 Å². The highest BCUT2D eigenvalue weighted by atomic mass is 16.5. The molecule has 1 atom stereocenters. The van der Waals surface area contributed by atoms with Crippen LogP contribution in [-0.4, -0.2) is 16.2 Å². The summed E-state index contributed by atoms with van der Waals surface area (Å²) in [5.41, 5.74) is 6.19. The maximum atomic E-state index is 5.84. The number of hydrogen-bond acceptors (Lipinski definition) is 2. The second-order valence-corrected chi connectivity index (χ2v) is 9.45. The van der Waals surface area contributed by atoms with Crippen molar-refractivity contribution in [1.82, 2.24) is 9.55 Å². The van der Waals surface area contributed by atoms with E-state index in [1.54, 1.807) is 0 Å². The lowest BCUT2D eigenvalue weighted by atomic mass is 9.96. The Kier molecular flexibility index (Phi) is 7.49. The topological polar surface area (TPSA) is 27.1 Å². The van der Waals surface area contributed by atoms with E-state index in [2.05, 4.69) is 105 Å². The van der Waals surface area contributed by atoms with E-state index in [4.69, 9.17) is 9.72 Å². The number of nitrogens with zero attached hydrogens (tertiary/aromatic N) is 2. The monoisotopic (exact) mass is 440 g/mol. The van der Waals surface area contributed by atoms with Gasteiger partial charge < -0.3 is 9.30 Å². The maximum Gasteiger partial charge on any atom is 0.119 e. The first-order chi connectivity index (χ1) is 16.0. The van der Waals surface area contributed by atoms with E-state index in [1.807, 2.05) is 0 Å². The second-order valence-electron chi connectivity index (χ2n) is 9.45. The van der Waals surface area contributed by atoms with E-state index in [0.29, 0.717) is 5.92 Å². The van der Waals surface area contributed by atoms with Crippen LogP contribution in [0.4, 0.5) is 0 Å². The normalized spacial score (nSPS) is 12.4. The lowest BCUT2D eigenvalue weighted by Gasteiger charge is -2.16. The van der Waals surface area contributed by atoms with Crippen LogP contribution in [0.3, 0.4) is 0 Å². The number of fused-ring (bicyclic) bond motifs is 1. The molecule has 0 saturated carbocycles. The Bertz CT molecular complexity index is 1160. The minimum atomic E-state index is 0.210. The molecular weight excluding hydrogens is 404 g/mol. The summed E-state index contributed by atoms with van der Waals surface area (Å²) in [5.74, 6) is 2.93. The third-order valence-corrected chi connectivity index (χ3v) is 6.23. The molecule has 3 nitrogen and oxygen atoms in total. The number of rotatable bonds is 10. The fraction of sp³-hybridized carbons (Fsp3) is 0.367. The summed E-state index contributed by atoms with van der Waals surface area (Å²) >= 11 is 0. The van der Waals surface area contributed by atoms with Crippen molar-refractivity contribution in [3.63, 3.8) is 0 Å². The summed E-state index contributed by atoms with van der Waals surface area (Å²) in [4.78, 5) is 5.06. The molecule has 4 aromatic rings. The highest BCUT2D eigenvalue weighted by molar-refractivity contribution is 5.76. The summed E-state index contributed by atoms with van der Waals surface area (Å²) < 4.78 is 8.21. The number of unbranched alkanes of at least 4 members (excludes halogenated alkanes) is 1. The van der Waals surface area contributed by atoms with Gasteiger partial charge in [-0.25, -0.2) is 4.98 Å². The van der Waals surface area contributed by atoms with Crippen LogP contribution in [0, 0.1) is 5.92 Å². The quantitative estimate of drug-likeness (QED) is 0.237. The van der Waals surface area contributed by atoms with Crippen molar-refractivity contribution in [3.8, 4) is 5.75 Å². The number of ether oxygens (including phenoxy) is 1. The van der Waals surface area contributed by atoms with E-state index in [9.17, 15) is 0 Å². The van der Waals surface area contributed by atoms with Crippen molar-refractivity contribution in [3.05, 3.63) is 95.3 Å². The molecule has 1 heterocycles. The minimum Gasteiger partial charge on any atom is -0.494 e. The molecule has 3 aromatic carbocycles. The van der Waals surface area contributed by atoms with Gasteiger partial charge in [-0.2, -0.15) is 0 Å². The molecule has 3 heteroatoms. The van der Waals surface area contributed by atoms with Crippen LogP contribution in [0.15, 0.2) is 72.8 Å². The van der Waals surface area contributed by atoms with E-state index in [0.717, 1.165) is 49.5 Å². The lowest BCUT2D eigenvalue weighted by molar-refractivity contribution is 0.309. The number of hydrogen-bond donors (Lipinski definition) is 0. The van der Waals surface area contributed by atoms with Gasteiger partial charge >= 0.3 is 0 Å². The SMILES string of the molecule is CCCCOc1ccc(Cn2c(C(C)c3ccc(CC(C)C)cc3)nc3ccccc32)cc1. The number of benzene rings is 3. The van der Waals surface area contributed by atoms with Crippen LogP contribution in [0.5, 0.6) is 5.75 Å². The number of para-hydroxylation sites is 2.